The molecule has 0 saturated carbocycles. The Balaban J connectivity index is 2.05. The maximum Gasteiger partial charge on any atom is 0.123 e. The number of nitrogens with two attached hydrogens (primary N) is 1. The molecule has 0 spiro atoms. The van der Waals surface area contributed by atoms with Gasteiger partial charge in [-0.15, -0.1) is 0 Å². The number of rotatable bonds is 6. The minimum atomic E-state index is 0.501. The zero-order valence-corrected chi connectivity index (χ0v) is 11.2. The highest BCUT2D eigenvalue weighted by atomic mass is 15.1. The molecule has 2 aromatic heterocycles. The molecule has 5 nitrogen and oxygen atoms in total. The molecule has 0 radical (unpaired) electrons. The van der Waals surface area contributed by atoms with Crippen molar-refractivity contribution >= 4 is 5.82 Å². The molecule has 2 N–H and O–H groups in total. The summed E-state index contributed by atoms with van der Waals surface area (Å²) in [7, 11) is 0. The smallest absolute Gasteiger partial charge is 0.123 e. The molecule has 2 aromatic rings. The lowest BCUT2D eigenvalue weighted by Gasteiger charge is -2.21. The maximum absolute atomic E-state index is 8.77. The highest BCUT2D eigenvalue weighted by Gasteiger charge is 2.07. The fourth-order valence-corrected chi connectivity index (χ4v) is 2.02. The normalized spacial score (nSPS) is 10.4. The number of hydrogen-bond donors (Lipinski definition) is 1. The molecule has 0 aliphatic heterocycles. The number of nitrogen functional groups attached to an aromatic ring is 1. The van der Waals surface area contributed by atoms with Crippen molar-refractivity contribution in [1.82, 2.24) is 14.9 Å². The van der Waals surface area contributed by atoms with Gasteiger partial charge in [0.2, 0.25) is 0 Å². The number of pyridine rings is 2. The first-order chi connectivity index (χ1) is 9.78. The fourth-order valence-electron chi connectivity index (χ4n) is 2.02. The van der Waals surface area contributed by atoms with Gasteiger partial charge >= 0.3 is 0 Å². The Labute approximate surface area is 118 Å². The molecule has 20 heavy (non-hydrogen) atoms. The van der Waals surface area contributed by atoms with Gasteiger partial charge in [-0.05, 0) is 29.3 Å². The minimum Gasteiger partial charge on any atom is -0.384 e. The highest BCUT2D eigenvalue weighted by Crippen LogP contribution is 2.11. The zero-order valence-electron chi connectivity index (χ0n) is 11.2. The van der Waals surface area contributed by atoms with Crippen LogP contribution in [0.15, 0.2) is 42.9 Å². The van der Waals surface area contributed by atoms with Crippen LogP contribution in [0.3, 0.4) is 0 Å². The van der Waals surface area contributed by atoms with E-state index in [1.54, 1.807) is 12.4 Å². The average Bonchev–Trinajstić information content (AvgIpc) is 2.46. The van der Waals surface area contributed by atoms with Crippen molar-refractivity contribution in [1.29, 1.82) is 5.26 Å². The van der Waals surface area contributed by atoms with Crippen molar-refractivity contribution in [2.24, 2.45) is 0 Å². The Morgan fingerprint density at radius 3 is 2.75 bits per heavy atom. The Morgan fingerprint density at radius 1 is 1.20 bits per heavy atom. The molecule has 0 aliphatic rings. The third-order valence-corrected chi connectivity index (χ3v) is 2.92. The number of nitrogens with zero attached hydrogens (tertiary/aromatic N) is 4. The van der Waals surface area contributed by atoms with Crippen molar-refractivity contribution < 1.29 is 0 Å². The molecule has 2 rings (SSSR count). The summed E-state index contributed by atoms with van der Waals surface area (Å²) in [5.74, 6) is 0.518. The molecule has 0 unspecified atom stereocenters. The van der Waals surface area contributed by atoms with E-state index in [1.807, 2.05) is 30.5 Å². The topological polar surface area (TPSA) is 78.8 Å². The average molecular weight is 267 g/mol. The SMILES string of the molecule is N#CCCN(Cc1cccnc1)Cc1ccnc(N)c1. The first-order valence-corrected chi connectivity index (χ1v) is 6.46. The monoisotopic (exact) mass is 267 g/mol. The van der Waals surface area contributed by atoms with Crippen LogP contribution < -0.4 is 5.73 Å². The number of anilines is 1. The Morgan fingerprint density at radius 2 is 2.05 bits per heavy atom. The van der Waals surface area contributed by atoms with Gasteiger partial charge in [-0.1, -0.05) is 6.07 Å². The summed E-state index contributed by atoms with van der Waals surface area (Å²) in [6.07, 6.45) is 5.81. The van der Waals surface area contributed by atoms with Gasteiger partial charge in [0.25, 0.3) is 0 Å². The van der Waals surface area contributed by atoms with Crippen LogP contribution in [-0.2, 0) is 13.1 Å². The summed E-state index contributed by atoms with van der Waals surface area (Å²) in [6.45, 7) is 2.22. The second-order valence-corrected chi connectivity index (χ2v) is 4.57. The van der Waals surface area contributed by atoms with Crippen LogP contribution in [0.1, 0.15) is 17.5 Å². The molecule has 0 amide bonds. The molecule has 0 bridgehead atoms. The predicted octanol–water partition coefficient (Wildman–Crippen LogP) is 1.97. The van der Waals surface area contributed by atoms with Crippen molar-refractivity contribution in [2.75, 3.05) is 12.3 Å². The van der Waals surface area contributed by atoms with Crippen LogP contribution in [0.2, 0.25) is 0 Å². The molecule has 0 aliphatic carbocycles. The maximum atomic E-state index is 8.77. The summed E-state index contributed by atoms with van der Waals surface area (Å²) < 4.78 is 0. The molecule has 0 saturated heterocycles. The number of nitriles is 1. The van der Waals surface area contributed by atoms with Gasteiger partial charge in [0.05, 0.1) is 6.07 Å². The van der Waals surface area contributed by atoms with Crippen LogP contribution in [0.25, 0.3) is 0 Å². The van der Waals surface area contributed by atoms with Crippen LogP contribution in [0.5, 0.6) is 0 Å². The third-order valence-electron chi connectivity index (χ3n) is 2.92. The fraction of sp³-hybridized carbons (Fsp3) is 0.267. The molecule has 5 heteroatoms. The Hall–Kier alpha value is -2.45. The van der Waals surface area contributed by atoms with Crippen molar-refractivity contribution in [3.8, 4) is 6.07 Å². The van der Waals surface area contributed by atoms with E-state index in [1.165, 1.54) is 0 Å². The van der Waals surface area contributed by atoms with Gasteiger partial charge in [-0.3, -0.25) is 9.88 Å². The summed E-state index contributed by atoms with van der Waals surface area (Å²) in [4.78, 5) is 10.3. The van der Waals surface area contributed by atoms with Crippen molar-refractivity contribution in [3.05, 3.63) is 54.0 Å². The lowest BCUT2D eigenvalue weighted by molar-refractivity contribution is 0.262. The van der Waals surface area contributed by atoms with E-state index in [4.69, 9.17) is 11.0 Å². The van der Waals surface area contributed by atoms with E-state index in [0.29, 0.717) is 18.8 Å². The summed E-state index contributed by atoms with van der Waals surface area (Å²) in [6, 6.07) is 9.95. The van der Waals surface area contributed by atoms with E-state index in [2.05, 4.69) is 20.9 Å². The largest absolute Gasteiger partial charge is 0.384 e. The molecule has 2 heterocycles. The summed E-state index contributed by atoms with van der Waals surface area (Å²) in [5, 5.41) is 8.77. The minimum absolute atomic E-state index is 0.501. The molecular formula is C15H17N5. The van der Waals surface area contributed by atoms with Crippen LogP contribution in [-0.4, -0.2) is 21.4 Å². The van der Waals surface area contributed by atoms with Gasteiger partial charge in [0.15, 0.2) is 0 Å². The first-order valence-electron chi connectivity index (χ1n) is 6.46. The lowest BCUT2D eigenvalue weighted by atomic mass is 10.2. The van der Waals surface area contributed by atoms with Crippen molar-refractivity contribution in [3.63, 3.8) is 0 Å². The molecular weight excluding hydrogens is 250 g/mol. The highest BCUT2D eigenvalue weighted by molar-refractivity contribution is 5.31. The van der Waals surface area contributed by atoms with Gasteiger partial charge in [-0.2, -0.15) is 5.26 Å². The van der Waals surface area contributed by atoms with Crippen molar-refractivity contribution in [2.45, 2.75) is 19.5 Å². The summed E-state index contributed by atoms with van der Waals surface area (Å²) >= 11 is 0. The lowest BCUT2D eigenvalue weighted by Crippen LogP contribution is -2.24. The van der Waals surface area contributed by atoms with Crippen LogP contribution in [0, 0.1) is 11.3 Å². The Bertz CT molecular complexity index is 576. The number of aromatic nitrogens is 2. The predicted molar refractivity (Wildman–Crippen MR) is 77.2 cm³/mol. The first kappa shape index (κ1) is 14.0. The molecule has 0 atom stereocenters. The van der Waals surface area contributed by atoms with Crippen LogP contribution in [0.4, 0.5) is 5.82 Å². The third kappa shape index (κ3) is 4.34. The summed E-state index contributed by atoms with van der Waals surface area (Å²) in [5.41, 5.74) is 7.92. The molecule has 0 fully saturated rings. The second-order valence-electron chi connectivity index (χ2n) is 4.57. The van der Waals surface area contributed by atoms with Gasteiger partial charge in [0, 0.05) is 44.6 Å². The quantitative estimate of drug-likeness (QED) is 0.865. The van der Waals surface area contributed by atoms with E-state index >= 15 is 0 Å². The van der Waals surface area contributed by atoms with Gasteiger partial charge in [-0.25, -0.2) is 4.98 Å². The Kier molecular flexibility index (Phi) is 5.04. The molecule has 0 aromatic carbocycles. The van der Waals surface area contributed by atoms with E-state index < -0.39 is 0 Å². The van der Waals surface area contributed by atoms with Crippen LogP contribution >= 0.6 is 0 Å². The van der Waals surface area contributed by atoms with E-state index in [0.717, 1.165) is 24.2 Å². The second kappa shape index (κ2) is 7.22. The van der Waals surface area contributed by atoms with Gasteiger partial charge in [0.1, 0.15) is 5.82 Å². The van der Waals surface area contributed by atoms with Gasteiger partial charge < -0.3 is 5.73 Å². The zero-order chi connectivity index (χ0) is 14.2. The van der Waals surface area contributed by atoms with E-state index in [9.17, 15) is 0 Å². The standard InChI is InChI=1S/C15H17N5/c16-5-2-8-20(12-14-3-1-6-18-10-14)11-13-4-7-19-15(17)9-13/h1,3-4,6-7,9-10H,2,8,11-12H2,(H2,17,19). The van der Waals surface area contributed by atoms with E-state index in [-0.39, 0.29) is 0 Å². The molecule has 102 valence electrons. The number of hydrogen-bond acceptors (Lipinski definition) is 5.